The van der Waals surface area contributed by atoms with Gasteiger partial charge < -0.3 is 15.4 Å². The second kappa shape index (κ2) is 11.8. The van der Waals surface area contributed by atoms with Crippen LogP contribution in [0.3, 0.4) is 0 Å². The van der Waals surface area contributed by atoms with Gasteiger partial charge in [0.15, 0.2) is 0 Å². The van der Waals surface area contributed by atoms with Crippen molar-refractivity contribution in [2.75, 3.05) is 29.3 Å². The number of carbonyl (C=O) groups excluding carboxylic acids is 2. The van der Waals surface area contributed by atoms with Crippen molar-refractivity contribution in [2.45, 2.75) is 44.6 Å². The zero-order valence-corrected chi connectivity index (χ0v) is 22.7. The first-order valence-electron chi connectivity index (χ1n) is 12.6. The Labute approximate surface area is 224 Å². The van der Waals surface area contributed by atoms with Gasteiger partial charge in [-0.1, -0.05) is 47.5 Å². The number of sulfonamides is 1. The van der Waals surface area contributed by atoms with Crippen molar-refractivity contribution in [3.63, 3.8) is 0 Å². The molecule has 0 spiro atoms. The molecule has 4 rings (SSSR count). The molecule has 38 heavy (non-hydrogen) atoms. The highest BCUT2D eigenvalue weighted by molar-refractivity contribution is 7.92. The van der Waals surface area contributed by atoms with Crippen LogP contribution in [0.4, 0.5) is 11.4 Å². The predicted octanol–water partition coefficient (Wildman–Crippen LogP) is 4.35. The number of carbonyl (C=O) groups is 2. The van der Waals surface area contributed by atoms with E-state index in [1.165, 1.54) is 12.1 Å². The molecule has 1 saturated heterocycles. The average Bonchev–Trinajstić information content (AvgIpc) is 3.41. The van der Waals surface area contributed by atoms with Gasteiger partial charge in [0.25, 0.3) is 15.9 Å². The maximum Gasteiger partial charge on any atom is 0.264 e. The predicted molar refractivity (Wildman–Crippen MR) is 148 cm³/mol. The van der Waals surface area contributed by atoms with Gasteiger partial charge in [-0.25, -0.2) is 8.42 Å². The minimum absolute atomic E-state index is 0.0148. The minimum atomic E-state index is -4.06. The quantitative estimate of drug-likeness (QED) is 0.424. The van der Waals surface area contributed by atoms with Gasteiger partial charge in [0.1, 0.15) is 6.54 Å². The summed E-state index contributed by atoms with van der Waals surface area (Å²) in [6.45, 7) is 6.22. The third kappa shape index (κ3) is 6.41. The van der Waals surface area contributed by atoms with Gasteiger partial charge in [0.2, 0.25) is 5.91 Å². The van der Waals surface area contributed by atoms with Crippen LogP contribution in [-0.4, -0.2) is 46.0 Å². The van der Waals surface area contributed by atoms with E-state index in [2.05, 4.69) is 10.6 Å². The summed E-state index contributed by atoms with van der Waals surface area (Å²) in [7, 11) is -4.06. The lowest BCUT2D eigenvalue weighted by molar-refractivity contribution is -0.114. The zero-order valence-electron chi connectivity index (χ0n) is 21.9. The van der Waals surface area contributed by atoms with Gasteiger partial charge in [0, 0.05) is 13.2 Å². The summed E-state index contributed by atoms with van der Waals surface area (Å²) in [4.78, 5) is 26.2. The fourth-order valence-electron chi connectivity index (χ4n) is 4.44. The molecule has 1 heterocycles. The SMILES string of the molecule is Cc1ccc(S(=O)(=O)N(CC(=O)Nc2ccccc2C(=O)NC[C@H]2CCCO2)c2ccc(C)cc2C)cc1. The first-order chi connectivity index (χ1) is 18.1. The van der Waals surface area contributed by atoms with Gasteiger partial charge >= 0.3 is 0 Å². The van der Waals surface area contributed by atoms with E-state index in [1.807, 2.05) is 32.9 Å². The van der Waals surface area contributed by atoms with E-state index >= 15 is 0 Å². The van der Waals surface area contributed by atoms with Crippen LogP contribution in [0.15, 0.2) is 71.6 Å². The Morgan fingerprint density at radius 1 is 0.974 bits per heavy atom. The number of aryl methyl sites for hydroxylation is 3. The third-order valence-corrected chi connectivity index (χ3v) is 8.25. The number of ether oxygens (including phenoxy) is 1. The largest absolute Gasteiger partial charge is 0.376 e. The van der Waals surface area contributed by atoms with Crippen LogP contribution in [0, 0.1) is 20.8 Å². The van der Waals surface area contributed by atoms with E-state index in [1.54, 1.807) is 42.5 Å². The molecule has 2 N–H and O–H groups in total. The molecule has 1 atom stereocenters. The number of amides is 2. The van der Waals surface area contributed by atoms with Gasteiger partial charge in [-0.05, 0) is 69.5 Å². The second-order valence-electron chi connectivity index (χ2n) is 9.55. The molecule has 9 heteroatoms. The van der Waals surface area contributed by atoms with Crippen molar-refractivity contribution in [3.8, 4) is 0 Å². The van der Waals surface area contributed by atoms with E-state index < -0.39 is 22.5 Å². The van der Waals surface area contributed by atoms with E-state index in [0.717, 1.165) is 33.8 Å². The summed E-state index contributed by atoms with van der Waals surface area (Å²) in [6, 6.07) is 18.6. The number of anilines is 2. The number of para-hydroxylation sites is 1. The molecule has 2 amide bonds. The smallest absolute Gasteiger partial charge is 0.264 e. The summed E-state index contributed by atoms with van der Waals surface area (Å²) < 4.78 is 34.1. The second-order valence-corrected chi connectivity index (χ2v) is 11.4. The fraction of sp³-hybridized carbons (Fsp3) is 0.310. The molecule has 3 aromatic rings. The molecule has 200 valence electrons. The number of rotatable bonds is 9. The molecule has 8 nitrogen and oxygen atoms in total. The first-order valence-corrected chi connectivity index (χ1v) is 14.0. The highest BCUT2D eigenvalue weighted by atomic mass is 32.2. The lowest BCUT2D eigenvalue weighted by Gasteiger charge is -2.26. The summed E-state index contributed by atoms with van der Waals surface area (Å²) in [5.41, 5.74) is 3.63. The van der Waals surface area contributed by atoms with Crippen LogP contribution < -0.4 is 14.9 Å². The van der Waals surface area contributed by atoms with Crippen LogP contribution in [0.2, 0.25) is 0 Å². The molecule has 1 aliphatic rings. The standard InChI is InChI=1S/C29H33N3O5S/c1-20-10-13-24(14-11-20)38(35,36)32(27-15-12-21(2)17-22(27)3)19-28(33)31-26-9-5-4-8-25(26)29(34)30-18-23-7-6-16-37-23/h4-5,8-15,17,23H,6-7,16,18-19H2,1-3H3,(H,30,34)(H,31,33)/t23-/m1/s1. The van der Waals surface area contributed by atoms with E-state index in [4.69, 9.17) is 4.74 Å². The number of nitrogens with one attached hydrogen (secondary N) is 2. The Hall–Kier alpha value is -3.69. The molecule has 0 unspecified atom stereocenters. The normalized spacial score (nSPS) is 15.2. The zero-order chi connectivity index (χ0) is 27.3. The van der Waals surface area contributed by atoms with Crippen LogP contribution in [0.1, 0.15) is 39.9 Å². The van der Waals surface area contributed by atoms with Crippen LogP contribution in [-0.2, 0) is 19.6 Å². The first kappa shape index (κ1) is 27.3. The summed E-state index contributed by atoms with van der Waals surface area (Å²) in [5.74, 6) is -0.907. The Morgan fingerprint density at radius 2 is 1.68 bits per heavy atom. The van der Waals surface area contributed by atoms with E-state index in [-0.39, 0.29) is 16.9 Å². The third-order valence-electron chi connectivity index (χ3n) is 6.48. The van der Waals surface area contributed by atoms with Crippen LogP contribution >= 0.6 is 0 Å². The summed E-state index contributed by atoms with van der Waals surface area (Å²) >= 11 is 0. The minimum Gasteiger partial charge on any atom is -0.376 e. The molecule has 0 saturated carbocycles. The van der Waals surface area contributed by atoms with Gasteiger partial charge in [0.05, 0.1) is 27.9 Å². The van der Waals surface area contributed by atoms with Crippen molar-refractivity contribution in [3.05, 3.63) is 89.0 Å². The van der Waals surface area contributed by atoms with E-state index in [0.29, 0.717) is 30.1 Å². The van der Waals surface area contributed by atoms with Crippen molar-refractivity contribution in [2.24, 2.45) is 0 Å². The Bertz CT molecular complexity index is 1410. The summed E-state index contributed by atoms with van der Waals surface area (Å²) in [6.07, 6.45) is 1.84. The molecule has 0 aliphatic carbocycles. The van der Waals surface area contributed by atoms with Crippen molar-refractivity contribution < 1.29 is 22.7 Å². The number of nitrogens with zero attached hydrogens (tertiary/aromatic N) is 1. The van der Waals surface area contributed by atoms with Gasteiger partial charge in [-0.15, -0.1) is 0 Å². The monoisotopic (exact) mass is 535 g/mol. The molecule has 1 aliphatic heterocycles. The van der Waals surface area contributed by atoms with Crippen molar-refractivity contribution in [1.29, 1.82) is 0 Å². The lowest BCUT2D eigenvalue weighted by atomic mass is 10.1. The topological polar surface area (TPSA) is 105 Å². The average molecular weight is 536 g/mol. The Kier molecular flexibility index (Phi) is 8.48. The number of benzene rings is 3. The highest BCUT2D eigenvalue weighted by Crippen LogP contribution is 2.28. The van der Waals surface area contributed by atoms with E-state index in [9.17, 15) is 18.0 Å². The number of hydrogen-bond acceptors (Lipinski definition) is 5. The Morgan fingerprint density at radius 3 is 2.37 bits per heavy atom. The highest BCUT2D eigenvalue weighted by Gasteiger charge is 2.29. The van der Waals surface area contributed by atoms with Crippen molar-refractivity contribution >= 4 is 33.2 Å². The molecule has 1 fully saturated rings. The molecular formula is C29H33N3O5S. The maximum atomic E-state index is 13.7. The van der Waals surface area contributed by atoms with Gasteiger partial charge in [-0.3, -0.25) is 13.9 Å². The molecular weight excluding hydrogens is 502 g/mol. The fourth-order valence-corrected chi connectivity index (χ4v) is 5.93. The summed E-state index contributed by atoms with van der Waals surface area (Å²) in [5, 5.41) is 5.61. The Balaban J connectivity index is 1.58. The van der Waals surface area contributed by atoms with Crippen LogP contribution in [0.5, 0.6) is 0 Å². The number of hydrogen-bond donors (Lipinski definition) is 2. The lowest BCUT2D eigenvalue weighted by Crippen LogP contribution is -2.39. The molecule has 0 bridgehead atoms. The van der Waals surface area contributed by atoms with Gasteiger partial charge in [-0.2, -0.15) is 0 Å². The maximum absolute atomic E-state index is 13.7. The van der Waals surface area contributed by atoms with Crippen molar-refractivity contribution in [1.82, 2.24) is 5.32 Å². The van der Waals surface area contributed by atoms with Crippen LogP contribution in [0.25, 0.3) is 0 Å². The molecule has 0 aromatic heterocycles. The molecule has 0 radical (unpaired) electrons. The molecule has 3 aromatic carbocycles.